The Balaban J connectivity index is 3.80. The molecule has 0 unspecified atom stereocenters. The maximum absolute atomic E-state index is 11.0. The first-order valence-electron chi connectivity index (χ1n) is 5.54. The molecule has 0 spiro atoms. The molecule has 0 aromatic carbocycles. The van der Waals surface area contributed by atoms with Gasteiger partial charge in [-0.1, -0.05) is 17.2 Å². The summed E-state index contributed by atoms with van der Waals surface area (Å²) < 4.78 is 4.81. The lowest BCUT2D eigenvalue weighted by Crippen LogP contribution is -2.07. The molecule has 4 heteroatoms. The second kappa shape index (κ2) is 8.99. The molecule has 17 heavy (non-hydrogen) atoms. The fourth-order valence-corrected chi connectivity index (χ4v) is 1.24. The van der Waals surface area contributed by atoms with Crippen LogP contribution in [0.15, 0.2) is 23.3 Å². The van der Waals surface area contributed by atoms with Crippen LogP contribution in [0.25, 0.3) is 0 Å². The van der Waals surface area contributed by atoms with Gasteiger partial charge in [-0.05, 0) is 51.3 Å². The zero-order valence-corrected chi connectivity index (χ0v) is 11.3. The van der Waals surface area contributed by atoms with Gasteiger partial charge in [0.2, 0.25) is 5.24 Å². The molecule has 0 aromatic heterocycles. The Hall–Kier alpha value is -1.09. The smallest absolute Gasteiger partial charge is 0.314 e. The maximum atomic E-state index is 11.0. The third-order valence-electron chi connectivity index (χ3n) is 2.05. The number of halogens is 1. The molecule has 3 nitrogen and oxygen atoms in total. The largest absolute Gasteiger partial charge is 0.461 e. The minimum absolute atomic E-state index is 0.198. The molecular weight excluding hydrogens is 240 g/mol. The van der Waals surface area contributed by atoms with Crippen LogP contribution in [-0.4, -0.2) is 17.8 Å². The van der Waals surface area contributed by atoms with E-state index in [1.807, 2.05) is 13.0 Å². The van der Waals surface area contributed by atoms with Gasteiger partial charge < -0.3 is 4.74 Å². The van der Waals surface area contributed by atoms with Gasteiger partial charge in [0, 0.05) is 0 Å². The minimum atomic E-state index is -0.695. The number of hydrogen-bond acceptors (Lipinski definition) is 3. The van der Waals surface area contributed by atoms with Crippen molar-refractivity contribution in [2.45, 2.75) is 40.0 Å². The van der Waals surface area contributed by atoms with E-state index >= 15 is 0 Å². The number of carbonyl (C=O) groups excluding carboxylic acids is 2. The van der Waals surface area contributed by atoms with E-state index in [2.05, 4.69) is 19.9 Å². The lowest BCUT2D eigenvalue weighted by atomic mass is 10.1. The standard InChI is InChI=1S/C13H19ClO3/c1-10(2)5-4-6-11(3)7-8-17-13(16)9-12(14)15/h5,7H,4,6,8-9H2,1-3H3/b11-7+. The molecule has 0 saturated heterocycles. The number of hydrogen-bond donors (Lipinski definition) is 0. The molecule has 0 radical (unpaired) electrons. The number of ether oxygens (including phenoxy) is 1. The van der Waals surface area contributed by atoms with E-state index in [1.54, 1.807) is 0 Å². The highest BCUT2D eigenvalue weighted by atomic mass is 35.5. The summed E-state index contributed by atoms with van der Waals surface area (Å²) >= 11 is 5.05. The number of esters is 1. The van der Waals surface area contributed by atoms with E-state index in [-0.39, 0.29) is 13.0 Å². The second-order valence-electron chi connectivity index (χ2n) is 4.09. The average molecular weight is 259 g/mol. The van der Waals surface area contributed by atoms with Gasteiger partial charge in [0.15, 0.2) is 0 Å². The third kappa shape index (κ3) is 11.2. The second-order valence-corrected chi connectivity index (χ2v) is 4.51. The summed E-state index contributed by atoms with van der Waals surface area (Å²) in [6, 6.07) is 0. The van der Waals surface area contributed by atoms with Crippen molar-refractivity contribution in [3.8, 4) is 0 Å². The van der Waals surface area contributed by atoms with Crippen molar-refractivity contribution in [1.29, 1.82) is 0 Å². The van der Waals surface area contributed by atoms with Gasteiger partial charge >= 0.3 is 5.97 Å². The highest BCUT2D eigenvalue weighted by Gasteiger charge is 2.06. The Morgan fingerprint density at radius 2 is 1.82 bits per heavy atom. The minimum Gasteiger partial charge on any atom is -0.461 e. The molecule has 0 rings (SSSR count). The van der Waals surface area contributed by atoms with Crippen molar-refractivity contribution < 1.29 is 14.3 Å². The van der Waals surface area contributed by atoms with Gasteiger partial charge in [0.25, 0.3) is 0 Å². The van der Waals surface area contributed by atoms with Crippen LogP contribution in [0.5, 0.6) is 0 Å². The number of carbonyl (C=O) groups is 2. The Morgan fingerprint density at radius 3 is 2.35 bits per heavy atom. The molecule has 0 fully saturated rings. The van der Waals surface area contributed by atoms with E-state index in [4.69, 9.17) is 16.3 Å². The molecular formula is C13H19ClO3. The molecule has 0 aliphatic rings. The Bertz CT molecular complexity index is 326. The summed E-state index contributed by atoms with van der Waals surface area (Å²) in [5.74, 6) is -0.585. The predicted octanol–water partition coefficient (Wildman–Crippen LogP) is 3.38. The average Bonchev–Trinajstić information content (AvgIpc) is 2.15. The molecule has 0 N–H and O–H groups in total. The molecule has 0 aromatic rings. The van der Waals surface area contributed by atoms with Crippen molar-refractivity contribution >= 4 is 22.8 Å². The van der Waals surface area contributed by atoms with E-state index in [1.165, 1.54) is 5.57 Å². The van der Waals surface area contributed by atoms with E-state index in [9.17, 15) is 9.59 Å². The molecule has 0 aliphatic heterocycles. The summed E-state index contributed by atoms with van der Waals surface area (Å²) in [6.45, 7) is 6.30. The van der Waals surface area contributed by atoms with Crippen LogP contribution in [0, 0.1) is 0 Å². The lowest BCUT2D eigenvalue weighted by molar-refractivity contribution is -0.143. The SMILES string of the molecule is CC(C)=CCC/C(C)=C/COC(=O)CC(=O)Cl. The van der Waals surface area contributed by atoms with Crippen LogP contribution >= 0.6 is 11.6 Å². The van der Waals surface area contributed by atoms with Crippen LogP contribution in [0.4, 0.5) is 0 Å². The van der Waals surface area contributed by atoms with E-state index in [0.29, 0.717) is 0 Å². The summed E-state index contributed by atoms with van der Waals surface area (Å²) in [7, 11) is 0. The summed E-state index contributed by atoms with van der Waals surface area (Å²) in [5, 5.41) is -0.695. The van der Waals surface area contributed by atoms with Crippen LogP contribution in [0.1, 0.15) is 40.0 Å². The first kappa shape index (κ1) is 15.9. The predicted molar refractivity (Wildman–Crippen MR) is 68.9 cm³/mol. The topological polar surface area (TPSA) is 43.4 Å². The monoisotopic (exact) mass is 258 g/mol. The lowest BCUT2D eigenvalue weighted by Gasteiger charge is -2.01. The molecule has 96 valence electrons. The van der Waals surface area contributed by atoms with Crippen molar-refractivity contribution in [2.75, 3.05) is 6.61 Å². The Kier molecular flexibility index (Phi) is 8.42. The van der Waals surface area contributed by atoms with Crippen molar-refractivity contribution in [3.05, 3.63) is 23.3 Å². The quantitative estimate of drug-likeness (QED) is 0.304. The van der Waals surface area contributed by atoms with Gasteiger partial charge in [0.05, 0.1) is 0 Å². The normalized spacial score (nSPS) is 10.9. The molecule has 0 atom stereocenters. The fraction of sp³-hybridized carbons (Fsp3) is 0.538. The van der Waals surface area contributed by atoms with Crippen LogP contribution in [0.2, 0.25) is 0 Å². The van der Waals surface area contributed by atoms with Gasteiger partial charge in [-0.25, -0.2) is 0 Å². The zero-order valence-electron chi connectivity index (χ0n) is 10.6. The first-order valence-corrected chi connectivity index (χ1v) is 5.92. The molecule has 0 amide bonds. The van der Waals surface area contributed by atoms with Gasteiger partial charge in [-0.3, -0.25) is 9.59 Å². The molecule has 0 aliphatic carbocycles. The van der Waals surface area contributed by atoms with Crippen molar-refractivity contribution in [2.24, 2.45) is 0 Å². The summed E-state index contributed by atoms with van der Waals surface area (Å²) in [6.07, 6.45) is 5.56. The van der Waals surface area contributed by atoms with Crippen molar-refractivity contribution in [1.82, 2.24) is 0 Å². The Labute approximate surface area is 107 Å². The van der Waals surface area contributed by atoms with Gasteiger partial charge in [-0.15, -0.1) is 0 Å². The maximum Gasteiger partial charge on any atom is 0.314 e. The zero-order chi connectivity index (χ0) is 13.3. The van der Waals surface area contributed by atoms with Crippen LogP contribution in [0.3, 0.4) is 0 Å². The summed E-state index contributed by atoms with van der Waals surface area (Å²) in [5.41, 5.74) is 2.46. The Morgan fingerprint density at radius 1 is 1.18 bits per heavy atom. The van der Waals surface area contributed by atoms with Crippen molar-refractivity contribution in [3.63, 3.8) is 0 Å². The van der Waals surface area contributed by atoms with E-state index < -0.39 is 11.2 Å². The molecule has 0 heterocycles. The van der Waals surface area contributed by atoms with E-state index in [0.717, 1.165) is 18.4 Å². The summed E-state index contributed by atoms with van der Waals surface area (Å²) in [4.78, 5) is 21.4. The molecule has 0 saturated carbocycles. The first-order chi connectivity index (χ1) is 7.91. The highest BCUT2D eigenvalue weighted by molar-refractivity contribution is 6.64. The fourth-order valence-electron chi connectivity index (χ4n) is 1.13. The van der Waals surface area contributed by atoms with Gasteiger partial charge in [-0.2, -0.15) is 0 Å². The highest BCUT2D eigenvalue weighted by Crippen LogP contribution is 2.06. The van der Waals surface area contributed by atoms with Gasteiger partial charge in [0.1, 0.15) is 13.0 Å². The number of allylic oxidation sites excluding steroid dienone is 3. The van der Waals surface area contributed by atoms with Crippen LogP contribution in [-0.2, 0) is 14.3 Å². The number of rotatable bonds is 7. The van der Waals surface area contributed by atoms with Crippen LogP contribution < -0.4 is 0 Å². The molecule has 0 bridgehead atoms. The third-order valence-corrected chi connectivity index (χ3v) is 2.18.